The largest absolute Gasteiger partial charge is 0.391 e. The van der Waals surface area contributed by atoms with Gasteiger partial charge in [0.05, 0.1) is 11.4 Å². The van der Waals surface area contributed by atoms with Crippen LogP contribution in [0.1, 0.15) is 46.0 Å². The highest BCUT2D eigenvalue weighted by Crippen LogP contribution is 2.25. The van der Waals surface area contributed by atoms with Gasteiger partial charge >= 0.3 is 0 Å². The molecule has 1 rings (SSSR count). The van der Waals surface area contributed by atoms with E-state index in [0.717, 1.165) is 31.4 Å². The number of carbonyl (C=O) groups is 1. The van der Waals surface area contributed by atoms with E-state index in [0.29, 0.717) is 12.5 Å². The molecule has 0 saturated carbocycles. The molecule has 0 radical (unpaired) electrons. The molecule has 2 atom stereocenters. The van der Waals surface area contributed by atoms with Crippen LogP contribution in [0.4, 0.5) is 0 Å². The van der Waals surface area contributed by atoms with Gasteiger partial charge in [-0.1, -0.05) is 33.1 Å². The lowest BCUT2D eigenvalue weighted by Gasteiger charge is -2.23. The quantitative estimate of drug-likeness (QED) is 0.769. The minimum atomic E-state index is -0.400. The molecule has 0 bridgehead atoms. The maximum Gasteiger partial charge on any atom is 0.233 e. The number of rotatable bonds is 6. The van der Waals surface area contributed by atoms with Gasteiger partial charge in [0.2, 0.25) is 5.91 Å². The molecule has 17 heavy (non-hydrogen) atoms. The molecule has 1 aliphatic heterocycles. The first kappa shape index (κ1) is 14.8. The maximum atomic E-state index is 11.9. The summed E-state index contributed by atoms with van der Waals surface area (Å²) in [4.78, 5) is 11.9. The summed E-state index contributed by atoms with van der Waals surface area (Å²) in [6.45, 7) is 4.56. The first-order valence-corrected chi connectivity index (χ1v) is 7.81. The number of thioether (sulfide) groups is 1. The third kappa shape index (κ3) is 4.88. The van der Waals surface area contributed by atoms with Crippen LogP contribution in [-0.4, -0.2) is 34.7 Å². The van der Waals surface area contributed by atoms with E-state index in [1.54, 1.807) is 11.8 Å². The van der Waals surface area contributed by atoms with Gasteiger partial charge in [-0.05, 0) is 24.5 Å². The van der Waals surface area contributed by atoms with Crippen molar-refractivity contribution in [3.63, 3.8) is 0 Å². The number of hydrogen-bond donors (Lipinski definition) is 2. The third-order valence-corrected chi connectivity index (χ3v) is 4.93. The van der Waals surface area contributed by atoms with Crippen LogP contribution in [0, 0.1) is 5.92 Å². The highest BCUT2D eigenvalue weighted by Gasteiger charge is 2.23. The Kier molecular flexibility index (Phi) is 6.97. The number of nitrogens with one attached hydrogen (secondary N) is 1. The van der Waals surface area contributed by atoms with Gasteiger partial charge in [0, 0.05) is 6.54 Å². The van der Waals surface area contributed by atoms with Gasteiger partial charge in [-0.15, -0.1) is 11.8 Å². The van der Waals surface area contributed by atoms with Gasteiger partial charge in [-0.2, -0.15) is 0 Å². The van der Waals surface area contributed by atoms with Crippen molar-refractivity contribution in [1.29, 1.82) is 0 Å². The van der Waals surface area contributed by atoms with Gasteiger partial charge in [0.1, 0.15) is 0 Å². The van der Waals surface area contributed by atoms with E-state index in [1.165, 1.54) is 6.42 Å². The maximum absolute atomic E-state index is 11.9. The van der Waals surface area contributed by atoms with Crippen LogP contribution >= 0.6 is 11.8 Å². The molecule has 1 heterocycles. The minimum absolute atomic E-state index is 0.109. The number of carbonyl (C=O) groups excluding carboxylic acids is 1. The van der Waals surface area contributed by atoms with E-state index in [-0.39, 0.29) is 11.2 Å². The molecule has 2 unspecified atom stereocenters. The number of hydrogen-bond acceptors (Lipinski definition) is 3. The topological polar surface area (TPSA) is 49.3 Å². The second kappa shape index (κ2) is 7.98. The van der Waals surface area contributed by atoms with Gasteiger partial charge in [-0.25, -0.2) is 0 Å². The summed E-state index contributed by atoms with van der Waals surface area (Å²) in [5.74, 6) is 1.50. The van der Waals surface area contributed by atoms with Crippen molar-refractivity contribution in [3.8, 4) is 0 Å². The molecular weight excluding hydrogens is 234 g/mol. The summed E-state index contributed by atoms with van der Waals surface area (Å²) in [5, 5.41) is 12.9. The normalized spacial score (nSPS) is 22.5. The molecule has 1 fully saturated rings. The number of amides is 1. The molecule has 2 N–H and O–H groups in total. The Morgan fingerprint density at radius 1 is 1.41 bits per heavy atom. The highest BCUT2D eigenvalue weighted by atomic mass is 32.2. The molecule has 4 heteroatoms. The third-order valence-electron chi connectivity index (χ3n) is 3.55. The van der Waals surface area contributed by atoms with Crippen molar-refractivity contribution in [2.75, 3.05) is 12.3 Å². The fraction of sp³-hybridized carbons (Fsp3) is 0.923. The fourth-order valence-corrected chi connectivity index (χ4v) is 3.49. The van der Waals surface area contributed by atoms with Gasteiger partial charge in [-0.3, -0.25) is 4.79 Å². The van der Waals surface area contributed by atoms with E-state index in [4.69, 9.17) is 0 Å². The summed E-state index contributed by atoms with van der Waals surface area (Å²) in [7, 11) is 0. The van der Waals surface area contributed by atoms with Crippen LogP contribution in [-0.2, 0) is 4.79 Å². The second-order valence-electron chi connectivity index (χ2n) is 4.74. The molecule has 0 aliphatic carbocycles. The van der Waals surface area contributed by atoms with Crippen LogP contribution in [0.25, 0.3) is 0 Å². The summed E-state index contributed by atoms with van der Waals surface area (Å²) in [6.07, 6.45) is 4.89. The zero-order valence-electron chi connectivity index (χ0n) is 10.9. The molecule has 100 valence electrons. The molecule has 1 saturated heterocycles. The van der Waals surface area contributed by atoms with E-state index < -0.39 is 6.10 Å². The molecule has 0 spiro atoms. The first-order chi connectivity index (χ1) is 8.19. The monoisotopic (exact) mass is 259 g/mol. The highest BCUT2D eigenvalue weighted by molar-refractivity contribution is 8.00. The van der Waals surface area contributed by atoms with Gasteiger partial charge < -0.3 is 10.4 Å². The SMILES string of the molecule is CCC(CC)C(O)CNC(=O)C1CCCCS1. The molecule has 0 aromatic carbocycles. The van der Waals surface area contributed by atoms with E-state index in [1.807, 2.05) is 0 Å². The smallest absolute Gasteiger partial charge is 0.233 e. The van der Waals surface area contributed by atoms with Crippen molar-refractivity contribution in [2.24, 2.45) is 5.92 Å². The lowest BCUT2D eigenvalue weighted by Crippen LogP contribution is -2.40. The van der Waals surface area contributed by atoms with E-state index in [9.17, 15) is 9.90 Å². The summed E-state index contributed by atoms with van der Waals surface area (Å²) < 4.78 is 0. The van der Waals surface area contributed by atoms with E-state index in [2.05, 4.69) is 19.2 Å². The van der Waals surface area contributed by atoms with Crippen LogP contribution in [0.15, 0.2) is 0 Å². The summed E-state index contributed by atoms with van der Waals surface area (Å²) >= 11 is 1.75. The molecule has 3 nitrogen and oxygen atoms in total. The van der Waals surface area contributed by atoms with Crippen molar-refractivity contribution < 1.29 is 9.90 Å². The number of aliphatic hydroxyl groups excluding tert-OH is 1. The molecule has 1 aliphatic rings. The standard InChI is InChI=1S/C13H25NO2S/c1-3-10(4-2)11(15)9-14-13(16)12-7-5-6-8-17-12/h10-12,15H,3-9H2,1-2H3,(H,14,16). The minimum Gasteiger partial charge on any atom is -0.391 e. The Balaban J connectivity index is 2.26. The second-order valence-corrected chi connectivity index (χ2v) is 6.05. The molecule has 0 aromatic heterocycles. The van der Waals surface area contributed by atoms with Crippen LogP contribution in [0.2, 0.25) is 0 Å². The first-order valence-electron chi connectivity index (χ1n) is 6.76. The lowest BCUT2D eigenvalue weighted by atomic mass is 9.96. The van der Waals surface area contributed by atoms with Gasteiger partial charge in [0.15, 0.2) is 0 Å². The van der Waals surface area contributed by atoms with Crippen LogP contribution in [0.5, 0.6) is 0 Å². The average molecular weight is 259 g/mol. The Morgan fingerprint density at radius 3 is 2.65 bits per heavy atom. The fourth-order valence-electron chi connectivity index (χ4n) is 2.27. The Hall–Kier alpha value is -0.220. The summed E-state index contributed by atoms with van der Waals surface area (Å²) in [5.41, 5.74) is 0. The Bertz CT molecular complexity index is 225. The van der Waals surface area contributed by atoms with Crippen LogP contribution < -0.4 is 5.32 Å². The zero-order valence-corrected chi connectivity index (χ0v) is 11.8. The predicted octanol–water partition coefficient (Wildman–Crippen LogP) is 2.19. The Morgan fingerprint density at radius 2 is 2.12 bits per heavy atom. The zero-order chi connectivity index (χ0) is 12.7. The van der Waals surface area contributed by atoms with Crippen molar-refractivity contribution >= 4 is 17.7 Å². The van der Waals surface area contributed by atoms with Gasteiger partial charge in [0.25, 0.3) is 0 Å². The van der Waals surface area contributed by atoms with Crippen molar-refractivity contribution in [3.05, 3.63) is 0 Å². The molecule has 1 amide bonds. The van der Waals surface area contributed by atoms with E-state index >= 15 is 0 Å². The molecular formula is C13H25NO2S. The average Bonchev–Trinajstić information content (AvgIpc) is 2.38. The van der Waals surface area contributed by atoms with Crippen LogP contribution in [0.3, 0.4) is 0 Å². The Labute approximate surface area is 109 Å². The van der Waals surface area contributed by atoms with Crippen molar-refractivity contribution in [1.82, 2.24) is 5.32 Å². The number of aliphatic hydroxyl groups is 1. The lowest BCUT2D eigenvalue weighted by molar-refractivity contribution is -0.121. The molecule has 0 aromatic rings. The predicted molar refractivity (Wildman–Crippen MR) is 73.2 cm³/mol. The summed E-state index contributed by atoms with van der Waals surface area (Å²) in [6, 6.07) is 0. The van der Waals surface area contributed by atoms with Crippen molar-refractivity contribution in [2.45, 2.75) is 57.3 Å².